The zero-order valence-electron chi connectivity index (χ0n) is 18.8. The number of benzene rings is 2. The first-order valence-electron chi connectivity index (χ1n) is 11.5. The van der Waals surface area contributed by atoms with Crippen LogP contribution < -0.4 is 10.2 Å². The Morgan fingerprint density at radius 2 is 1.76 bits per heavy atom. The van der Waals surface area contributed by atoms with Gasteiger partial charge in [0, 0.05) is 22.9 Å². The molecule has 0 radical (unpaired) electrons. The van der Waals surface area contributed by atoms with E-state index < -0.39 is 17.4 Å². The van der Waals surface area contributed by atoms with Crippen LogP contribution in [0, 0.1) is 25.7 Å². The Balaban J connectivity index is 1.52. The monoisotopic (exact) mass is 443 g/mol. The van der Waals surface area contributed by atoms with Crippen molar-refractivity contribution in [1.82, 2.24) is 4.90 Å². The van der Waals surface area contributed by atoms with Crippen molar-refractivity contribution in [3.63, 3.8) is 0 Å². The van der Waals surface area contributed by atoms with Crippen LogP contribution in [0.5, 0.6) is 0 Å². The van der Waals surface area contributed by atoms with Gasteiger partial charge in [-0.15, -0.1) is 0 Å². The van der Waals surface area contributed by atoms with Gasteiger partial charge in [0.05, 0.1) is 17.5 Å². The SMILES string of the molecule is CC(=O)c1ccc(N2C(=O)[C@@H]3[C@H]4CCCN4[C@]4(C(=O)Nc5c4ccc(C)c5C)[C@H]3C2=O)cc1. The largest absolute Gasteiger partial charge is 0.324 e. The molecule has 4 aliphatic rings. The minimum atomic E-state index is -1.17. The van der Waals surface area contributed by atoms with Gasteiger partial charge < -0.3 is 5.32 Å². The van der Waals surface area contributed by atoms with Crippen molar-refractivity contribution in [2.75, 3.05) is 16.8 Å². The highest BCUT2D eigenvalue weighted by atomic mass is 16.2. The van der Waals surface area contributed by atoms with E-state index in [1.54, 1.807) is 24.3 Å². The molecule has 3 saturated heterocycles. The lowest BCUT2D eigenvalue weighted by Crippen LogP contribution is -2.54. The number of ketones is 1. The second-order valence-electron chi connectivity index (χ2n) is 9.67. The number of anilines is 2. The van der Waals surface area contributed by atoms with Gasteiger partial charge in [0.1, 0.15) is 5.54 Å². The minimum Gasteiger partial charge on any atom is -0.324 e. The molecule has 3 amide bonds. The van der Waals surface area contributed by atoms with Gasteiger partial charge in [0.15, 0.2) is 5.78 Å². The lowest BCUT2D eigenvalue weighted by Gasteiger charge is -2.36. The Hall–Kier alpha value is -3.32. The second kappa shape index (κ2) is 6.60. The Labute approximate surface area is 191 Å². The molecule has 4 aliphatic heterocycles. The summed E-state index contributed by atoms with van der Waals surface area (Å²) in [6.45, 7) is 6.14. The van der Waals surface area contributed by atoms with E-state index in [-0.39, 0.29) is 29.5 Å². The number of carbonyl (C=O) groups is 4. The van der Waals surface area contributed by atoms with Crippen molar-refractivity contribution in [2.24, 2.45) is 11.8 Å². The average Bonchev–Trinajstić information content (AvgIpc) is 3.50. The Morgan fingerprint density at radius 3 is 2.45 bits per heavy atom. The van der Waals surface area contributed by atoms with Crippen LogP contribution in [0.25, 0.3) is 0 Å². The van der Waals surface area contributed by atoms with Crippen molar-refractivity contribution in [1.29, 1.82) is 0 Å². The van der Waals surface area contributed by atoms with Crippen LogP contribution in [0.2, 0.25) is 0 Å². The molecular formula is C26H25N3O4. The van der Waals surface area contributed by atoms with Gasteiger partial charge in [-0.1, -0.05) is 12.1 Å². The molecule has 4 atom stereocenters. The first-order chi connectivity index (χ1) is 15.8. The number of fused-ring (bicyclic) bond motifs is 7. The predicted molar refractivity (Wildman–Crippen MR) is 122 cm³/mol. The van der Waals surface area contributed by atoms with E-state index in [2.05, 4.69) is 10.2 Å². The van der Waals surface area contributed by atoms with Gasteiger partial charge in [-0.05, 0) is 75.5 Å². The maximum absolute atomic E-state index is 13.9. The first-order valence-corrected chi connectivity index (χ1v) is 11.5. The van der Waals surface area contributed by atoms with Gasteiger partial charge in [-0.25, -0.2) is 4.90 Å². The summed E-state index contributed by atoms with van der Waals surface area (Å²) in [4.78, 5) is 56.4. The molecule has 0 saturated carbocycles. The topological polar surface area (TPSA) is 86.8 Å². The van der Waals surface area contributed by atoms with Gasteiger partial charge in [-0.3, -0.25) is 24.1 Å². The fraction of sp³-hybridized carbons (Fsp3) is 0.385. The highest BCUT2D eigenvalue weighted by Gasteiger charge is 2.74. The molecule has 0 bridgehead atoms. The molecule has 7 nitrogen and oxygen atoms in total. The van der Waals surface area contributed by atoms with Crippen LogP contribution in [0.4, 0.5) is 11.4 Å². The summed E-state index contributed by atoms with van der Waals surface area (Å²) >= 11 is 0. The number of carbonyl (C=O) groups excluding carboxylic acids is 4. The molecule has 0 aromatic heterocycles. The highest BCUT2D eigenvalue weighted by Crippen LogP contribution is 2.61. The molecule has 4 heterocycles. The van der Waals surface area contributed by atoms with Crippen LogP contribution in [0.15, 0.2) is 36.4 Å². The summed E-state index contributed by atoms with van der Waals surface area (Å²) < 4.78 is 0. The molecule has 7 heteroatoms. The van der Waals surface area contributed by atoms with Gasteiger partial charge in [0.2, 0.25) is 17.7 Å². The number of amides is 3. The van der Waals surface area contributed by atoms with E-state index in [1.165, 1.54) is 11.8 Å². The lowest BCUT2D eigenvalue weighted by atomic mass is 9.75. The third-order valence-corrected chi connectivity index (χ3v) is 8.23. The molecule has 33 heavy (non-hydrogen) atoms. The van der Waals surface area contributed by atoms with Gasteiger partial charge in [0.25, 0.3) is 0 Å². The molecular weight excluding hydrogens is 418 g/mol. The Kier molecular flexibility index (Phi) is 4.06. The van der Waals surface area contributed by atoms with Gasteiger partial charge >= 0.3 is 0 Å². The summed E-state index contributed by atoms with van der Waals surface area (Å²) in [5, 5.41) is 3.07. The van der Waals surface area contributed by atoms with E-state index in [0.29, 0.717) is 17.8 Å². The van der Waals surface area contributed by atoms with Crippen LogP contribution in [-0.2, 0) is 19.9 Å². The zero-order valence-corrected chi connectivity index (χ0v) is 18.8. The molecule has 1 spiro atoms. The van der Waals surface area contributed by atoms with E-state index in [1.807, 2.05) is 26.0 Å². The number of Topliss-reactive ketones (excluding diaryl/α,β-unsaturated/α-hetero) is 1. The quantitative estimate of drug-likeness (QED) is 0.570. The highest BCUT2D eigenvalue weighted by molar-refractivity contribution is 6.26. The smallest absolute Gasteiger partial charge is 0.250 e. The second-order valence-corrected chi connectivity index (χ2v) is 9.67. The molecule has 2 aromatic carbocycles. The van der Waals surface area contributed by atoms with Crippen LogP contribution in [-0.4, -0.2) is 41.0 Å². The summed E-state index contributed by atoms with van der Waals surface area (Å²) in [7, 11) is 0. The third kappa shape index (κ3) is 2.33. The Morgan fingerprint density at radius 1 is 1.03 bits per heavy atom. The van der Waals surface area contributed by atoms with Crippen LogP contribution in [0.3, 0.4) is 0 Å². The number of rotatable bonds is 2. The number of hydrogen-bond donors (Lipinski definition) is 1. The number of nitrogens with one attached hydrogen (secondary N) is 1. The average molecular weight is 444 g/mol. The minimum absolute atomic E-state index is 0.0806. The maximum Gasteiger partial charge on any atom is 0.250 e. The van der Waals surface area contributed by atoms with Crippen molar-refractivity contribution in [2.45, 2.75) is 45.2 Å². The van der Waals surface area contributed by atoms with E-state index in [0.717, 1.165) is 35.2 Å². The molecule has 2 aromatic rings. The fourth-order valence-electron chi connectivity index (χ4n) is 6.62. The molecule has 3 fully saturated rings. The summed E-state index contributed by atoms with van der Waals surface area (Å²) in [6.07, 6.45) is 1.67. The Bertz CT molecular complexity index is 1270. The van der Waals surface area contributed by atoms with E-state index >= 15 is 0 Å². The van der Waals surface area contributed by atoms with Crippen molar-refractivity contribution < 1.29 is 19.2 Å². The normalized spacial score (nSPS) is 30.1. The molecule has 168 valence electrons. The van der Waals surface area contributed by atoms with E-state index in [9.17, 15) is 19.2 Å². The number of imide groups is 1. The first kappa shape index (κ1) is 20.3. The van der Waals surface area contributed by atoms with Gasteiger partial charge in [-0.2, -0.15) is 0 Å². The number of aryl methyl sites for hydroxylation is 1. The van der Waals surface area contributed by atoms with E-state index in [4.69, 9.17) is 0 Å². The predicted octanol–water partition coefficient (Wildman–Crippen LogP) is 2.94. The molecule has 0 unspecified atom stereocenters. The van der Waals surface area contributed by atoms with Crippen molar-refractivity contribution >= 4 is 34.9 Å². The third-order valence-electron chi connectivity index (χ3n) is 8.23. The molecule has 6 rings (SSSR count). The maximum atomic E-state index is 13.9. The fourth-order valence-corrected chi connectivity index (χ4v) is 6.62. The summed E-state index contributed by atoms with van der Waals surface area (Å²) in [6, 6.07) is 10.3. The molecule has 0 aliphatic carbocycles. The van der Waals surface area contributed by atoms with Crippen LogP contribution >= 0.6 is 0 Å². The zero-order chi connectivity index (χ0) is 23.2. The van der Waals surface area contributed by atoms with Crippen molar-refractivity contribution in [3.8, 4) is 0 Å². The lowest BCUT2D eigenvalue weighted by molar-refractivity contribution is -0.135. The standard InChI is InChI=1S/C26H25N3O4/c1-13-6-11-18-22(14(13)2)27-25(33)26(18)21-20(19-5-4-12-28(19)26)23(31)29(24(21)32)17-9-7-16(8-10-17)15(3)30/h6-11,19-21H,4-5,12H2,1-3H3,(H,27,33)/t19-,20-,21-,26+/m1/s1. The number of hydrogen-bond acceptors (Lipinski definition) is 5. The number of nitrogens with zero attached hydrogens (tertiary/aromatic N) is 2. The molecule has 1 N–H and O–H groups in total. The summed E-state index contributed by atoms with van der Waals surface area (Å²) in [5.74, 6) is -2.21. The van der Waals surface area contributed by atoms with Crippen LogP contribution in [0.1, 0.15) is 46.8 Å². The summed E-state index contributed by atoms with van der Waals surface area (Å²) in [5.41, 5.74) is 3.44. The van der Waals surface area contributed by atoms with Crippen molar-refractivity contribution in [3.05, 3.63) is 58.7 Å².